The number of ketones is 1. The molecule has 0 aliphatic carbocycles. The number of rotatable bonds is 7. The van der Waals surface area contributed by atoms with Crippen molar-refractivity contribution in [3.63, 3.8) is 0 Å². The fourth-order valence-electron chi connectivity index (χ4n) is 3.17. The largest absolute Gasteiger partial charge is 0.340 e. The zero-order valence-electron chi connectivity index (χ0n) is 17.8. The van der Waals surface area contributed by atoms with E-state index in [2.05, 4.69) is 20.0 Å². The van der Waals surface area contributed by atoms with Gasteiger partial charge < -0.3 is 5.32 Å². The molecule has 1 heterocycles. The summed E-state index contributed by atoms with van der Waals surface area (Å²) in [6.07, 6.45) is 1.39. The molecule has 0 saturated carbocycles. The Hall–Kier alpha value is -4.18. The molecular formula is C24H18F2N4O3S. The molecule has 7 nitrogen and oxygen atoms in total. The first-order valence-corrected chi connectivity index (χ1v) is 11.5. The molecule has 0 amide bonds. The summed E-state index contributed by atoms with van der Waals surface area (Å²) in [5.74, 6) is -1.90. The zero-order chi connectivity index (χ0) is 24.3. The first-order valence-electron chi connectivity index (χ1n) is 10.0. The minimum Gasteiger partial charge on any atom is -0.340 e. The lowest BCUT2D eigenvalue weighted by Gasteiger charge is -2.11. The number of carbonyl (C=O) groups excluding carboxylic acids is 1. The maximum atomic E-state index is 13.9. The van der Waals surface area contributed by atoms with Crippen molar-refractivity contribution >= 4 is 33.0 Å². The molecule has 34 heavy (non-hydrogen) atoms. The Kier molecular flexibility index (Phi) is 6.33. The average Bonchev–Trinajstić information content (AvgIpc) is 2.80. The Balaban J connectivity index is 1.49. The Morgan fingerprint density at radius 3 is 2.09 bits per heavy atom. The number of hydrogen-bond donors (Lipinski definition) is 2. The second-order valence-corrected chi connectivity index (χ2v) is 8.90. The Labute approximate surface area is 194 Å². The van der Waals surface area contributed by atoms with Gasteiger partial charge in [0.1, 0.15) is 23.8 Å². The van der Waals surface area contributed by atoms with Crippen molar-refractivity contribution in [3.8, 4) is 11.3 Å². The predicted molar refractivity (Wildman–Crippen MR) is 124 cm³/mol. The van der Waals surface area contributed by atoms with Crippen LogP contribution in [0.2, 0.25) is 0 Å². The molecule has 2 N–H and O–H groups in total. The Morgan fingerprint density at radius 2 is 1.47 bits per heavy atom. The fraction of sp³-hybridized carbons (Fsp3) is 0.0417. The summed E-state index contributed by atoms with van der Waals surface area (Å²) >= 11 is 0. The molecule has 4 rings (SSSR count). The highest BCUT2D eigenvalue weighted by Gasteiger charge is 2.23. The van der Waals surface area contributed by atoms with E-state index in [9.17, 15) is 22.0 Å². The van der Waals surface area contributed by atoms with Gasteiger partial charge in [-0.3, -0.25) is 9.52 Å². The summed E-state index contributed by atoms with van der Waals surface area (Å²) < 4.78 is 54.7. The van der Waals surface area contributed by atoms with Gasteiger partial charge in [0.2, 0.25) is 0 Å². The van der Waals surface area contributed by atoms with Gasteiger partial charge in [-0.05, 0) is 43.3 Å². The third-order valence-corrected chi connectivity index (χ3v) is 6.28. The second kappa shape index (κ2) is 9.36. The summed E-state index contributed by atoms with van der Waals surface area (Å²) in [5.41, 5.74) is 2.77. The van der Waals surface area contributed by atoms with Crippen LogP contribution in [0.4, 0.5) is 26.0 Å². The maximum absolute atomic E-state index is 13.9. The highest BCUT2D eigenvalue weighted by molar-refractivity contribution is 7.92. The molecule has 0 aliphatic heterocycles. The van der Waals surface area contributed by atoms with E-state index in [1.54, 1.807) is 42.5 Å². The Morgan fingerprint density at radius 1 is 0.853 bits per heavy atom. The molecule has 0 fully saturated rings. The first kappa shape index (κ1) is 23.0. The molecule has 0 bridgehead atoms. The molecule has 0 atom stereocenters. The summed E-state index contributed by atoms with van der Waals surface area (Å²) in [5, 5.41) is 3.08. The molecule has 10 heteroatoms. The van der Waals surface area contributed by atoms with Crippen molar-refractivity contribution in [1.29, 1.82) is 0 Å². The lowest BCUT2D eigenvalue weighted by atomic mass is 10.1. The standard InChI is InChI=1S/C24H18F2N4O3S/c1-15(31)16-5-7-17(8-6-16)22-13-23(28-14-27-22)29-18-9-11-19(12-10-18)30-34(32,33)24-20(25)3-2-4-21(24)26/h2-14,30H,1H3,(H,27,28,29). The Bertz CT molecular complexity index is 1440. The van der Waals surface area contributed by atoms with E-state index in [-0.39, 0.29) is 11.5 Å². The van der Waals surface area contributed by atoms with Gasteiger partial charge in [-0.2, -0.15) is 0 Å². The smallest absolute Gasteiger partial charge is 0.267 e. The van der Waals surface area contributed by atoms with E-state index in [4.69, 9.17) is 0 Å². The topological polar surface area (TPSA) is 101 Å². The van der Waals surface area contributed by atoms with E-state index in [1.807, 2.05) is 0 Å². The second-order valence-electron chi connectivity index (χ2n) is 7.28. The number of nitrogens with one attached hydrogen (secondary N) is 2. The molecule has 0 spiro atoms. The van der Waals surface area contributed by atoms with Crippen LogP contribution < -0.4 is 10.0 Å². The minimum absolute atomic E-state index is 0.0265. The van der Waals surface area contributed by atoms with E-state index >= 15 is 0 Å². The number of hydrogen-bond acceptors (Lipinski definition) is 6. The number of Topliss-reactive ketones (excluding diaryl/α,β-unsaturated/α-hetero) is 1. The fourth-order valence-corrected chi connectivity index (χ4v) is 4.37. The number of anilines is 3. The maximum Gasteiger partial charge on any atom is 0.267 e. The molecule has 172 valence electrons. The quantitative estimate of drug-likeness (QED) is 0.354. The third kappa shape index (κ3) is 5.07. The van der Waals surface area contributed by atoms with E-state index in [0.717, 1.165) is 23.8 Å². The molecule has 0 aliphatic rings. The SMILES string of the molecule is CC(=O)c1ccc(-c2cc(Nc3ccc(NS(=O)(=O)c4c(F)cccc4F)cc3)ncn2)cc1. The monoisotopic (exact) mass is 480 g/mol. The highest BCUT2D eigenvalue weighted by atomic mass is 32.2. The molecule has 0 saturated heterocycles. The normalized spacial score (nSPS) is 11.1. The molecule has 3 aromatic carbocycles. The number of sulfonamides is 1. The van der Waals surface area contributed by atoms with E-state index < -0.39 is 26.6 Å². The van der Waals surface area contributed by atoms with Gasteiger partial charge in [-0.15, -0.1) is 0 Å². The van der Waals surface area contributed by atoms with Crippen LogP contribution in [0.5, 0.6) is 0 Å². The summed E-state index contributed by atoms with van der Waals surface area (Å²) in [6.45, 7) is 1.50. The van der Waals surface area contributed by atoms with Gasteiger partial charge in [0.25, 0.3) is 10.0 Å². The van der Waals surface area contributed by atoms with Crippen LogP contribution >= 0.6 is 0 Å². The van der Waals surface area contributed by atoms with E-state index in [1.165, 1.54) is 25.4 Å². The number of carbonyl (C=O) groups is 1. The van der Waals surface area contributed by atoms with Gasteiger partial charge in [0.05, 0.1) is 5.69 Å². The van der Waals surface area contributed by atoms with Crippen molar-refractivity contribution in [2.75, 3.05) is 10.0 Å². The first-order chi connectivity index (χ1) is 16.2. The van der Waals surface area contributed by atoms with E-state index in [0.29, 0.717) is 22.8 Å². The number of aromatic nitrogens is 2. The third-order valence-electron chi connectivity index (χ3n) is 4.85. The number of nitrogens with zero attached hydrogens (tertiary/aromatic N) is 2. The van der Waals surface area contributed by atoms with Gasteiger partial charge in [0.15, 0.2) is 10.7 Å². The number of benzene rings is 3. The van der Waals surface area contributed by atoms with Crippen LogP contribution in [0, 0.1) is 11.6 Å². The van der Waals surface area contributed by atoms with Crippen molar-refractivity contribution in [2.24, 2.45) is 0 Å². The molecule has 4 aromatic rings. The molecule has 0 radical (unpaired) electrons. The molecule has 0 unspecified atom stereocenters. The van der Waals surface area contributed by atoms with Gasteiger partial charge >= 0.3 is 0 Å². The van der Waals surface area contributed by atoms with Crippen molar-refractivity contribution in [1.82, 2.24) is 9.97 Å². The highest BCUT2D eigenvalue weighted by Crippen LogP contribution is 2.25. The van der Waals surface area contributed by atoms with Crippen LogP contribution in [0.3, 0.4) is 0 Å². The minimum atomic E-state index is -4.45. The lowest BCUT2D eigenvalue weighted by Crippen LogP contribution is -2.16. The van der Waals surface area contributed by atoms with Gasteiger partial charge in [0, 0.05) is 28.6 Å². The summed E-state index contributed by atoms with van der Waals surface area (Å²) in [6, 6.07) is 17.6. The van der Waals surface area contributed by atoms with Crippen molar-refractivity contribution < 1.29 is 22.0 Å². The number of halogens is 2. The lowest BCUT2D eigenvalue weighted by molar-refractivity contribution is 0.101. The average molecular weight is 480 g/mol. The van der Waals surface area contributed by atoms with Crippen molar-refractivity contribution in [2.45, 2.75) is 11.8 Å². The van der Waals surface area contributed by atoms with Crippen LogP contribution in [-0.4, -0.2) is 24.2 Å². The van der Waals surface area contributed by atoms with Crippen molar-refractivity contribution in [3.05, 3.63) is 96.3 Å². The molecule has 1 aromatic heterocycles. The van der Waals surface area contributed by atoms with Gasteiger partial charge in [-0.1, -0.05) is 30.3 Å². The summed E-state index contributed by atoms with van der Waals surface area (Å²) in [7, 11) is -4.45. The molecular weight excluding hydrogens is 462 g/mol. The van der Waals surface area contributed by atoms with Crippen LogP contribution in [0.1, 0.15) is 17.3 Å². The van der Waals surface area contributed by atoms with Crippen LogP contribution in [-0.2, 0) is 10.0 Å². The zero-order valence-corrected chi connectivity index (χ0v) is 18.6. The predicted octanol–water partition coefficient (Wildman–Crippen LogP) is 5.17. The van der Waals surface area contributed by atoms with Crippen LogP contribution in [0.25, 0.3) is 11.3 Å². The summed E-state index contributed by atoms with van der Waals surface area (Å²) in [4.78, 5) is 18.8. The van der Waals surface area contributed by atoms with Gasteiger partial charge in [-0.25, -0.2) is 27.2 Å². The van der Waals surface area contributed by atoms with Crippen LogP contribution in [0.15, 0.2) is 84.0 Å².